The van der Waals surface area contributed by atoms with Crippen molar-refractivity contribution >= 4 is 17.7 Å². The molecule has 0 atom stereocenters. The van der Waals surface area contributed by atoms with Crippen LogP contribution >= 0.6 is 0 Å². The average Bonchev–Trinajstić information content (AvgIpc) is 2.80. The van der Waals surface area contributed by atoms with Gasteiger partial charge in [0.15, 0.2) is 0 Å². The van der Waals surface area contributed by atoms with Crippen LogP contribution in [0.5, 0.6) is 0 Å². The molecule has 0 bridgehead atoms. The van der Waals surface area contributed by atoms with E-state index in [4.69, 9.17) is 0 Å². The fourth-order valence-electron chi connectivity index (χ4n) is 9.02. The molecule has 3 amide bonds. The highest BCUT2D eigenvalue weighted by Crippen LogP contribution is 2.43. The minimum Gasteiger partial charge on any atom is -0.328 e. The molecule has 42 heavy (non-hydrogen) atoms. The lowest BCUT2D eigenvalue weighted by Gasteiger charge is -2.53. The monoisotopic (exact) mass is 579 g/mol. The van der Waals surface area contributed by atoms with Gasteiger partial charge in [0.2, 0.25) is 0 Å². The molecule has 0 aliphatic carbocycles. The van der Waals surface area contributed by atoms with Crippen LogP contribution < -0.4 is 0 Å². The first-order valence-corrected chi connectivity index (χ1v) is 16.2. The minimum atomic E-state index is -0.337. The molecule has 3 saturated heterocycles. The molecular formula is C36H57N3O3. The second kappa shape index (κ2) is 10.4. The van der Waals surface area contributed by atoms with E-state index in [1.165, 1.54) is 0 Å². The smallest absolute Gasteiger partial charge is 0.254 e. The summed E-state index contributed by atoms with van der Waals surface area (Å²) in [6, 6.07) is 5.28. The minimum absolute atomic E-state index is 0.109. The summed E-state index contributed by atoms with van der Waals surface area (Å²) < 4.78 is 0. The standard InChI is InChI=1S/C36H57N3O3/c1-31(2)16-13-17-32(3,4)37(31)28(40)25-22-26(29(41)38-33(5,6)18-14-19-34(38,7)8)24-27(23-25)30(42)39-35(9,10)20-15-21-36(39,11)12/h22-24H,13-21H2,1-12H3. The third-order valence-electron chi connectivity index (χ3n) is 10.6. The van der Waals surface area contributed by atoms with Crippen molar-refractivity contribution in [3.8, 4) is 0 Å². The number of nitrogens with zero attached hydrogens (tertiary/aromatic N) is 3. The van der Waals surface area contributed by atoms with E-state index in [2.05, 4.69) is 83.1 Å². The number of carbonyl (C=O) groups is 3. The largest absolute Gasteiger partial charge is 0.328 e. The van der Waals surface area contributed by atoms with Crippen LogP contribution in [-0.4, -0.2) is 65.7 Å². The maximum absolute atomic E-state index is 14.5. The molecule has 0 saturated carbocycles. The van der Waals surface area contributed by atoms with Crippen molar-refractivity contribution in [2.24, 2.45) is 0 Å². The number of hydrogen-bond donors (Lipinski definition) is 0. The zero-order valence-electron chi connectivity index (χ0n) is 28.7. The maximum atomic E-state index is 14.5. The first-order valence-electron chi connectivity index (χ1n) is 16.2. The van der Waals surface area contributed by atoms with Crippen molar-refractivity contribution in [1.82, 2.24) is 14.7 Å². The summed E-state index contributed by atoms with van der Waals surface area (Å²) in [5, 5.41) is 0. The summed E-state index contributed by atoms with van der Waals surface area (Å²) in [5.41, 5.74) is -0.749. The summed E-state index contributed by atoms with van der Waals surface area (Å²) in [4.78, 5) is 49.6. The highest BCUT2D eigenvalue weighted by molar-refractivity contribution is 6.05. The molecule has 0 unspecified atom stereocenters. The van der Waals surface area contributed by atoms with Crippen molar-refractivity contribution in [2.45, 2.75) is 174 Å². The van der Waals surface area contributed by atoms with Crippen molar-refractivity contribution in [3.63, 3.8) is 0 Å². The molecule has 1 aromatic carbocycles. The van der Waals surface area contributed by atoms with E-state index in [1.54, 1.807) is 18.2 Å². The van der Waals surface area contributed by atoms with Gasteiger partial charge in [-0.25, -0.2) is 0 Å². The van der Waals surface area contributed by atoms with Gasteiger partial charge in [-0.3, -0.25) is 14.4 Å². The zero-order chi connectivity index (χ0) is 31.7. The van der Waals surface area contributed by atoms with Crippen LogP contribution in [0.15, 0.2) is 18.2 Å². The van der Waals surface area contributed by atoms with Gasteiger partial charge in [-0.1, -0.05) is 0 Å². The molecule has 3 aliphatic heterocycles. The number of likely N-dealkylation sites (tertiary alicyclic amines) is 3. The quantitative estimate of drug-likeness (QED) is 0.362. The van der Waals surface area contributed by atoms with Gasteiger partial charge in [-0.2, -0.15) is 0 Å². The Bertz CT molecular complexity index is 1040. The van der Waals surface area contributed by atoms with Crippen molar-refractivity contribution in [2.75, 3.05) is 0 Å². The number of rotatable bonds is 3. The lowest BCUT2D eigenvalue weighted by Crippen LogP contribution is -2.61. The van der Waals surface area contributed by atoms with Crippen molar-refractivity contribution in [3.05, 3.63) is 34.9 Å². The summed E-state index contributed by atoms with van der Waals surface area (Å²) in [6.07, 6.45) is 8.67. The van der Waals surface area contributed by atoms with Crippen LogP contribution in [-0.2, 0) is 0 Å². The topological polar surface area (TPSA) is 60.9 Å². The lowest BCUT2D eigenvalue weighted by atomic mass is 9.78. The van der Waals surface area contributed by atoms with E-state index >= 15 is 0 Å². The van der Waals surface area contributed by atoms with Gasteiger partial charge in [0, 0.05) is 49.9 Å². The predicted molar refractivity (Wildman–Crippen MR) is 171 cm³/mol. The molecule has 6 heteroatoms. The van der Waals surface area contributed by atoms with E-state index in [-0.39, 0.29) is 51.0 Å². The van der Waals surface area contributed by atoms with Crippen LogP contribution in [0.1, 0.15) is 172 Å². The van der Waals surface area contributed by atoms with Gasteiger partial charge in [0.05, 0.1) is 0 Å². The van der Waals surface area contributed by atoms with Gasteiger partial charge in [0.25, 0.3) is 17.7 Å². The van der Waals surface area contributed by atoms with E-state index in [1.807, 2.05) is 14.7 Å². The van der Waals surface area contributed by atoms with Crippen LogP contribution in [0.2, 0.25) is 0 Å². The summed E-state index contributed by atoms with van der Waals surface area (Å²) in [7, 11) is 0. The predicted octanol–water partition coefficient (Wildman–Crippen LogP) is 8.24. The maximum Gasteiger partial charge on any atom is 0.254 e. The number of hydrogen-bond acceptors (Lipinski definition) is 3. The molecule has 4 rings (SSSR count). The number of piperidine rings is 3. The molecule has 6 nitrogen and oxygen atoms in total. The van der Waals surface area contributed by atoms with Crippen LogP contribution in [0, 0.1) is 0 Å². The second-order valence-electron chi connectivity index (χ2n) is 17.2. The van der Waals surface area contributed by atoms with E-state index < -0.39 is 0 Å². The fraction of sp³-hybridized carbons (Fsp3) is 0.750. The molecule has 0 radical (unpaired) electrons. The Balaban J connectivity index is 1.90. The first-order chi connectivity index (χ1) is 19.0. The molecule has 0 aromatic heterocycles. The Morgan fingerprint density at radius 2 is 0.571 bits per heavy atom. The van der Waals surface area contributed by atoms with Gasteiger partial charge in [0.1, 0.15) is 0 Å². The van der Waals surface area contributed by atoms with Gasteiger partial charge < -0.3 is 14.7 Å². The highest BCUT2D eigenvalue weighted by Gasteiger charge is 2.48. The molecule has 234 valence electrons. The highest BCUT2D eigenvalue weighted by atomic mass is 16.2. The van der Waals surface area contributed by atoms with Gasteiger partial charge in [-0.05, 0) is 159 Å². The normalized spacial score (nSPS) is 25.6. The van der Waals surface area contributed by atoms with E-state index in [0.29, 0.717) is 16.7 Å². The number of benzene rings is 1. The van der Waals surface area contributed by atoms with Gasteiger partial charge >= 0.3 is 0 Å². The average molecular weight is 580 g/mol. The molecule has 0 spiro atoms. The molecule has 3 fully saturated rings. The van der Waals surface area contributed by atoms with E-state index in [0.717, 1.165) is 57.8 Å². The Hall–Kier alpha value is -2.37. The SMILES string of the molecule is CC1(C)CCCC(C)(C)N1C(=O)c1cc(C(=O)N2C(C)(C)CCCC2(C)C)cc(C(=O)N2C(C)(C)CCCC2(C)C)c1. The fourth-order valence-corrected chi connectivity index (χ4v) is 9.02. The third-order valence-corrected chi connectivity index (χ3v) is 10.6. The van der Waals surface area contributed by atoms with Gasteiger partial charge in [-0.15, -0.1) is 0 Å². The zero-order valence-corrected chi connectivity index (χ0v) is 28.7. The van der Waals surface area contributed by atoms with E-state index in [9.17, 15) is 14.4 Å². The Kier molecular flexibility index (Phi) is 8.03. The summed E-state index contributed by atoms with van der Waals surface area (Å²) >= 11 is 0. The van der Waals surface area contributed by atoms with Crippen molar-refractivity contribution in [1.29, 1.82) is 0 Å². The molecular weight excluding hydrogens is 522 g/mol. The lowest BCUT2D eigenvalue weighted by molar-refractivity contribution is -0.0113. The Labute approximate surface area is 255 Å². The Morgan fingerprint density at radius 3 is 0.738 bits per heavy atom. The number of carbonyl (C=O) groups excluding carboxylic acids is 3. The van der Waals surface area contributed by atoms with Crippen LogP contribution in [0.3, 0.4) is 0 Å². The van der Waals surface area contributed by atoms with Crippen LogP contribution in [0.25, 0.3) is 0 Å². The summed E-state index contributed by atoms with van der Waals surface area (Å²) in [6.45, 7) is 25.6. The molecule has 3 heterocycles. The molecule has 3 aliphatic rings. The molecule has 0 N–H and O–H groups in total. The number of amides is 3. The first kappa shape index (κ1) is 32.5. The summed E-state index contributed by atoms with van der Waals surface area (Å²) in [5.74, 6) is -0.326. The third kappa shape index (κ3) is 5.76. The Morgan fingerprint density at radius 1 is 0.405 bits per heavy atom. The molecule has 1 aromatic rings. The van der Waals surface area contributed by atoms with Crippen molar-refractivity contribution < 1.29 is 14.4 Å². The van der Waals surface area contributed by atoms with Crippen LogP contribution in [0.4, 0.5) is 0 Å². The second-order valence-corrected chi connectivity index (χ2v) is 17.2.